The molecule has 1 aromatic rings. The summed E-state index contributed by atoms with van der Waals surface area (Å²) >= 11 is 0. The van der Waals surface area contributed by atoms with Crippen molar-refractivity contribution in [3.05, 3.63) is 29.8 Å². The average Bonchev–Trinajstić information content (AvgIpc) is 2.03. The lowest BCUT2D eigenvalue weighted by Gasteiger charge is -2.04. The van der Waals surface area contributed by atoms with Crippen molar-refractivity contribution in [1.82, 2.24) is 0 Å². The first-order valence-corrected chi connectivity index (χ1v) is 5.66. The third kappa shape index (κ3) is 2.15. The quantitative estimate of drug-likeness (QED) is 0.730. The standard InChI is InChI=1S/C9H11NO2S/c1-7(10)8-5-3-4-6-9(8)13(2,11)12/h3-6,10H,1-2H3. The molecule has 0 fully saturated rings. The van der Waals surface area contributed by atoms with Crippen molar-refractivity contribution in [1.29, 1.82) is 5.41 Å². The highest BCUT2D eigenvalue weighted by molar-refractivity contribution is 7.90. The van der Waals surface area contributed by atoms with Gasteiger partial charge in [-0.05, 0) is 13.0 Å². The highest BCUT2D eigenvalue weighted by Crippen LogP contribution is 2.15. The van der Waals surface area contributed by atoms with E-state index in [0.29, 0.717) is 5.56 Å². The van der Waals surface area contributed by atoms with Gasteiger partial charge in [-0.1, -0.05) is 18.2 Å². The van der Waals surface area contributed by atoms with E-state index < -0.39 is 9.84 Å². The number of hydrogen-bond acceptors (Lipinski definition) is 3. The van der Waals surface area contributed by atoms with Crippen LogP contribution in [0.4, 0.5) is 0 Å². The maximum Gasteiger partial charge on any atom is 0.176 e. The smallest absolute Gasteiger partial charge is 0.176 e. The topological polar surface area (TPSA) is 58.0 Å². The van der Waals surface area contributed by atoms with Crippen molar-refractivity contribution in [2.24, 2.45) is 0 Å². The first-order chi connectivity index (χ1) is 5.93. The van der Waals surface area contributed by atoms with Crippen LogP contribution in [0.3, 0.4) is 0 Å². The van der Waals surface area contributed by atoms with Crippen molar-refractivity contribution in [3.8, 4) is 0 Å². The van der Waals surface area contributed by atoms with Crippen molar-refractivity contribution in [2.75, 3.05) is 6.26 Å². The van der Waals surface area contributed by atoms with Gasteiger partial charge in [0, 0.05) is 17.5 Å². The van der Waals surface area contributed by atoms with E-state index in [9.17, 15) is 8.42 Å². The molecule has 70 valence electrons. The Hall–Kier alpha value is -1.16. The fraction of sp³-hybridized carbons (Fsp3) is 0.222. The SMILES string of the molecule is CC(=N)c1ccccc1S(C)(=O)=O. The Balaban J connectivity index is 3.46. The highest BCUT2D eigenvalue weighted by atomic mass is 32.2. The van der Waals surface area contributed by atoms with Crippen LogP contribution in [0.5, 0.6) is 0 Å². The highest BCUT2D eigenvalue weighted by Gasteiger charge is 2.12. The van der Waals surface area contributed by atoms with Gasteiger partial charge in [0.2, 0.25) is 0 Å². The fourth-order valence-electron chi connectivity index (χ4n) is 1.10. The predicted octanol–water partition coefficient (Wildman–Crippen LogP) is 1.48. The molecular formula is C9H11NO2S. The molecule has 13 heavy (non-hydrogen) atoms. The summed E-state index contributed by atoms with van der Waals surface area (Å²) in [6.45, 7) is 1.57. The first kappa shape index (κ1) is 9.92. The largest absolute Gasteiger partial charge is 0.305 e. The van der Waals surface area contributed by atoms with Crippen molar-refractivity contribution in [3.63, 3.8) is 0 Å². The molecule has 0 spiro atoms. The summed E-state index contributed by atoms with van der Waals surface area (Å²) < 4.78 is 22.5. The van der Waals surface area contributed by atoms with Crippen LogP contribution in [-0.4, -0.2) is 20.4 Å². The Morgan fingerprint density at radius 3 is 2.23 bits per heavy atom. The zero-order valence-electron chi connectivity index (χ0n) is 7.53. The van der Waals surface area contributed by atoms with Crippen LogP contribution >= 0.6 is 0 Å². The second-order valence-corrected chi connectivity index (χ2v) is 4.88. The summed E-state index contributed by atoms with van der Waals surface area (Å²) in [4.78, 5) is 0.225. The Morgan fingerprint density at radius 1 is 1.31 bits per heavy atom. The van der Waals surface area contributed by atoms with Crippen LogP contribution in [0.1, 0.15) is 12.5 Å². The fourth-order valence-corrected chi connectivity index (χ4v) is 2.05. The van der Waals surface area contributed by atoms with E-state index in [0.717, 1.165) is 6.26 Å². The lowest BCUT2D eigenvalue weighted by molar-refractivity contribution is 0.601. The molecule has 0 radical (unpaired) electrons. The molecule has 4 heteroatoms. The van der Waals surface area contributed by atoms with Crippen molar-refractivity contribution >= 4 is 15.5 Å². The molecule has 0 amide bonds. The molecular weight excluding hydrogens is 186 g/mol. The first-order valence-electron chi connectivity index (χ1n) is 3.77. The summed E-state index contributed by atoms with van der Waals surface area (Å²) in [5.41, 5.74) is 0.742. The van der Waals surface area contributed by atoms with E-state index in [2.05, 4.69) is 0 Å². The lowest BCUT2D eigenvalue weighted by Crippen LogP contribution is -2.05. The van der Waals surface area contributed by atoms with Gasteiger partial charge in [-0.2, -0.15) is 0 Å². The number of rotatable bonds is 2. The van der Waals surface area contributed by atoms with E-state index in [4.69, 9.17) is 5.41 Å². The van der Waals surface area contributed by atoms with Crippen LogP contribution in [-0.2, 0) is 9.84 Å². The summed E-state index contributed by atoms with van der Waals surface area (Å²) in [6.07, 6.45) is 1.15. The zero-order valence-corrected chi connectivity index (χ0v) is 8.35. The van der Waals surface area contributed by atoms with Gasteiger partial charge in [0.05, 0.1) is 4.90 Å². The van der Waals surface area contributed by atoms with Crippen LogP contribution < -0.4 is 0 Å². The molecule has 0 saturated heterocycles. The Kier molecular flexibility index (Phi) is 2.52. The summed E-state index contributed by atoms with van der Waals surface area (Å²) in [5, 5.41) is 7.39. The van der Waals surface area contributed by atoms with Gasteiger partial charge in [0.1, 0.15) is 0 Å². The van der Waals surface area contributed by atoms with Crippen LogP contribution in [0.15, 0.2) is 29.2 Å². The molecule has 0 unspecified atom stereocenters. The van der Waals surface area contributed by atoms with Crippen LogP contribution in [0.25, 0.3) is 0 Å². The maximum absolute atomic E-state index is 11.3. The summed E-state index contributed by atoms with van der Waals surface area (Å²) in [7, 11) is -3.22. The van der Waals surface area contributed by atoms with Gasteiger partial charge < -0.3 is 5.41 Å². The minimum absolute atomic E-state index is 0.225. The molecule has 0 aliphatic heterocycles. The minimum atomic E-state index is -3.22. The monoisotopic (exact) mass is 197 g/mol. The number of sulfone groups is 1. The van der Waals surface area contributed by atoms with E-state index in [-0.39, 0.29) is 10.6 Å². The molecule has 0 aliphatic rings. The number of hydrogen-bond donors (Lipinski definition) is 1. The molecule has 3 nitrogen and oxygen atoms in total. The molecule has 0 saturated carbocycles. The second kappa shape index (κ2) is 3.30. The molecule has 0 atom stereocenters. The minimum Gasteiger partial charge on any atom is -0.305 e. The van der Waals surface area contributed by atoms with Gasteiger partial charge in [0.15, 0.2) is 9.84 Å². The van der Waals surface area contributed by atoms with E-state index in [1.54, 1.807) is 25.1 Å². The van der Waals surface area contributed by atoms with E-state index in [1.807, 2.05) is 0 Å². The Morgan fingerprint density at radius 2 is 1.85 bits per heavy atom. The van der Waals surface area contributed by atoms with Crippen molar-refractivity contribution < 1.29 is 8.42 Å². The number of benzene rings is 1. The van der Waals surface area contributed by atoms with Gasteiger partial charge in [0.25, 0.3) is 0 Å². The van der Waals surface area contributed by atoms with Crippen LogP contribution in [0.2, 0.25) is 0 Å². The normalized spacial score (nSPS) is 11.2. The van der Waals surface area contributed by atoms with Gasteiger partial charge >= 0.3 is 0 Å². The van der Waals surface area contributed by atoms with Crippen LogP contribution in [0, 0.1) is 5.41 Å². The molecule has 1 aromatic carbocycles. The van der Waals surface area contributed by atoms with Gasteiger partial charge in [-0.25, -0.2) is 8.42 Å². The average molecular weight is 197 g/mol. The molecule has 1 N–H and O–H groups in total. The predicted molar refractivity (Wildman–Crippen MR) is 52.1 cm³/mol. The Labute approximate surface area is 77.8 Å². The van der Waals surface area contributed by atoms with Crippen molar-refractivity contribution in [2.45, 2.75) is 11.8 Å². The second-order valence-electron chi connectivity index (χ2n) is 2.89. The molecule has 0 bridgehead atoms. The maximum atomic E-state index is 11.3. The number of nitrogens with one attached hydrogen (secondary N) is 1. The molecule has 0 aliphatic carbocycles. The zero-order chi connectivity index (χ0) is 10.1. The summed E-state index contributed by atoms with van der Waals surface area (Å²) in [6, 6.07) is 6.53. The van der Waals surface area contributed by atoms with E-state index in [1.165, 1.54) is 6.07 Å². The lowest BCUT2D eigenvalue weighted by atomic mass is 10.1. The third-order valence-corrected chi connectivity index (χ3v) is 2.85. The molecule has 0 aromatic heterocycles. The molecule has 1 rings (SSSR count). The van der Waals surface area contributed by atoms with Gasteiger partial charge in [-0.3, -0.25) is 0 Å². The van der Waals surface area contributed by atoms with Gasteiger partial charge in [-0.15, -0.1) is 0 Å². The Bertz CT molecular complexity index is 435. The third-order valence-electron chi connectivity index (χ3n) is 1.69. The molecule has 0 heterocycles. The van der Waals surface area contributed by atoms with E-state index >= 15 is 0 Å². The summed E-state index contributed by atoms with van der Waals surface area (Å²) in [5.74, 6) is 0.